The van der Waals surface area contributed by atoms with Crippen molar-refractivity contribution in [2.45, 2.75) is 31.8 Å². The first-order chi connectivity index (χ1) is 6.33. The van der Waals surface area contributed by atoms with E-state index < -0.39 is 0 Å². The van der Waals surface area contributed by atoms with Crippen molar-refractivity contribution in [2.75, 3.05) is 25.1 Å². The number of ether oxygens (including phenoxy) is 1. The molecule has 2 fully saturated rings. The molecule has 0 radical (unpaired) electrons. The standard InChI is InChI=1S/C10H18BrNO/c1-8-2-4-12(10(8)6-11)9-3-5-13-7-9/h8-10H,2-7H2,1H3. The Morgan fingerprint density at radius 1 is 1.46 bits per heavy atom. The van der Waals surface area contributed by atoms with Crippen LogP contribution in [0.2, 0.25) is 0 Å². The maximum Gasteiger partial charge on any atom is 0.0622 e. The van der Waals surface area contributed by atoms with Gasteiger partial charge in [0.25, 0.3) is 0 Å². The first kappa shape index (κ1) is 9.94. The first-order valence-electron chi connectivity index (χ1n) is 5.22. The molecular formula is C10H18BrNO. The predicted octanol–water partition coefficient (Wildman–Crippen LogP) is 1.88. The van der Waals surface area contributed by atoms with Crippen molar-refractivity contribution in [3.05, 3.63) is 0 Å². The predicted molar refractivity (Wildman–Crippen MR) is 57.3 cm³/mol. The minimum absolute atomic E-state index is 0.701. The lowest BCUT2D eigenvalue weighted by molar-refractivity contribution is 0.136. The molecule has 0 saturated carbocycles. The second kappa shape index (κ2) is 4.28. The molecule has 0 amide bonds. The SMILES string of the molecule is CC1CCN(C2CCOC2)C1CBr. The van der Waals surface area contributed by atoms with Crippen LogP contribution in [-0.4, -0.2) is 42.1 Å². The van der Waals surface area contributed by atoms with Crippen molar-refractivity contribution in [1.29, 1.82) is 0 Å². The zero-order valence-electron chi connectivity index (χ0n) is 8.21. The normalized spacial score (nSPS) is 41.5. The molecule has 13 heavy (non-hydrogen) atoms. The van der Waals surface area contributed by atoms with Gasteiger partial charge in [0.2, 0.25) is 0 Å². The number of hydrogen-bond acceptors (Lipinski definition) is 2. The first-order valence-corrected chi connectivity index (χ1v) is 6.34. The zero-order valence-corrected chi connectivity index (χ0v) is 9.79. The Balaban J connectivity index is 1.97. The van der Waals surface area contributed by atoms with E-state index in [0.29, 0.717) is 6.04 Å². The van der Waals surface area contributed by atoms with Gasteiger partial charge in [-0.25, -0.2) is 0 Å². The minimum Gasteiger partial charge on any atom is -0.380 e. The number of rotatable bonds is 2. The van der Waals surface area contributed by atoms with Crippen molar-refractivity contribution in [3.63, 3.8) is 0 Å². The summed E-state index contributed by atoms with van der Waals surface area (Å²) in [6.07, 6.45) is 2.59. The Labute approximate surface area is 88.8 Å². The van der Waals surface area contributed by atoms with E-state index in [1.54, 1.807) is 0 Å². The van der Waals surface area contributed by atoms with Gasteiger partial charge in [-0.15, -0.1) is 0 Å². The van der Waals surface area contributed by atoms with Gasteiger partial charge in [-0.3, -0.25) is 4.90 Å². The van der Waals surface area contributed by atoms with E-state index in [1.807, 2.05) is 0 Å². The molecule has 2 saturated heterocycles. The van der Waals surface area contributed by atoms with Crippen LogP contribution in [0.4, 0.5) is 0 Å². The van der Waals surface area contributed by atoms with Crippen LogP contribution in [0.1, 0.15) is 19.8 Å². The van der Waals surface area contributed by atoms with Crippen LogP contribution in [0.3, 0.4) is 0 Å². The van der Waals surface area contributed by atoms with E-state index in [9.17, 15) is 0 Å². The number of nitrogens with zero attached hydrogens (tertiary/aromatic N) is 1. The van der Waals surface area contributed by atoms with E-state index in [0.717, 1.165) is 30.5 Å². The van der Waals surface area contributed by atoms with Gasteiger partial charge in [0, 0.05) is 24.0 Å². The molecule has 0 aromatic rings. The number of alkyl halides is 1. The molecule has 2 heterocycles. The third kappa shape index (κ3) is 1.92. The summed E-state index contributed by atoms with van der Waals surface area (Å²) in [6, 6.07) is 1.44. The molecule has 0 aromatic heterocycles. The Bertz CT molecular complexity index is 170. The molecule has 0 aliphatic carbocycles. The van der Waals surface area contributed by atoms with Gasteiger partial charge in [0.05, 0.1) is 6.61 Å². The molecule has 2 aliphatic rings. The Kier molecular flexibility index (Phi) is 3.27. The Morgan fingerprint density at radius 3 is 2.92 bits per heavy atom. The molecule has 0 spiro atoms. The van der Waals surface area contributed by atoms with E-state index in [1.165, 1.54) is 19.4 Å². The van der Waals surface area contributed by atoms with Crippen LogP contribution in [0.15, 0.2) is 0 Å². The van der Waals surface area contributed by atoms with Gasteiger partial charge in [-0.2, -0.15) is 0 Å². The smallest absolute Gasteiger partial charge is 0.0622 e. The molecule has 0 N–H and O–H groups in total. The third-order valence-corrected chi connectivity index (χ3v) is 4.12. The highest BCUT2D eigenvalue weighted by Gasteiger charge is 2.36. The Morgan fingerprint density at radius 2 is 2.31 bits per heavy atom. The fourth-order valence-electron chi connectivity index (χ4n) is 2.52. The fraction of sp³-hybridized carbons (Fsp3) is 1.00. The summed E-state index contributed by atoms with van der Waals surface area (Å²) in [5.74, 6) is 0.847. The molecule has 0 bridgehead atoms. The summed E-state index contributed by atoms with van der Waals surface area (Å²) in [6.45, 7) is 5.55. The van der Waals surface area contributed by atoms with Crippen LogP contribution in [0.5, 0.6) is 0 Å². The van der Waals surface area contributed by atoms with E-state index >= 15 is 0 Å². The molecule has 76 valence electrons. The summed E-state index contributed by atoms with van der Waals surface area (Å²) in [7, 11) is 0. The van der Waals surface area contributed by atoms with Crippen LogP contribution in [0.25, 0.3) is 0 Å². The highest BCUT2D eigenvalue weighted by Crippen LogP contribution is 2.29. The largest absolute Gasteiger partial charge is 0.380 e. The molecule has 0 aromatic carbocycles. The van der Waals surface area contributed by atoms with Gasteiger partial charge in [-0.05, 0) is 25.3 Å². The maximum absolute atomic E-state index is 5.44. The molecule has 2 aliphatic heterocycles. The second-order valence-corrected chi connectivity index (χ2v) is 4.89. The highest BCUT2D eigenvalue weighted by atomic mass is 79.9. The highest BCUT2D eigenvalue weighted by molar-refractivity contribution is 9.09. The van der Waals surface area contributed by atoms with Gasteiger partial charge in [0.15, 0.2) is 0 Å². The molecule has 2 nitrogen and oxygen atoms in total. The Hall–Kier alpha value is 0.400. The van der Waals surface area contributed by atoms with Crippen molar-refractivity contribution in [1.82, 2.24) is 4.90 Å². The lowest BCUT2D eigenvalue weighted by Gasteiger charge is -2.29. The van der Waals surface area contributed by atoms with Crippen molar-refractivity contribution in [3.8, 4) is 0 Å². The molecular weight excluding hydrogens is 230 g/mol. The van der Waals surface area contributed by atoms with Crippen LogP contribution < -0.4 is 0 Å². The zero-order chi connectivity index (χ0) is 9.26. The fourth-order valence-corrected chi connectivity index (χ4v) is 3.53. The second-order valence-electron chi connectivity index (χ2n) is 4.24. The lowest BCUT2D eigenvalue weighted by Crippen LogP contribution is -2.41. The molecule has 3 unspecified atom stereocenters. The average Bonchev–Trinajstić information content (AvgIpc) is 2.71. The van der Waals surface area contributed by atoms with Crippen molar-refractivity contribution < 1.29 is 4.74 Å². The van der Waals surface area contributed by atoms with E-state index in [-0.39, 0.29) is 0 Å². The summed E-state index contributed by atoms with van der Waals surface area (Å²) in [5.41, 5.74) is 0. The number of halogens is 1. The number of hydrogen-bond donors (Lipinski definition) is 0. The summed E-state index contributed by atoms with van der Waals surface area (Å²) in [4.78, 5) is 2.65. The monoisotopic (exact) mass is 247 g/mol. The van der Waals surface area contributed by atoms with E-state index in [2.05, 4.69) is 27.8 Å². The van der Waals surface area contributed by atoms with Crippen molar-refractivity contribution >= 4 is 15.9 Å². The topological polar surface area (TPSA) is 12.5 Å². The van der Waals surface area contributed by atoms with Crippen LogP contribution in [-0.2, 0) is 4.74 Å². The summed E-state index contributed by atoms with van der Waals surface area (Å²) < 4.78 is 5.44. The minimum atomic E-state index is 0.701. The average molecular weight is 248 g/mol. The molecule has 3 atom stereocenters. The van der Waals surface area contributed by atoms with Gasteiger partial charge < -0.3 is 4.74 Å². The van der Waals surface area contributed by atoms with Gasteiger partial charge in [0.1, 0.15) is 0 Å². The molecule has 3 heteroatoms. The van der Waals surface area contributed by atoms with Gasteiger partial charge in [-0.1, -0.05) is 22.9 Å². The van der Waals surface area contributed by atoms with Crippen LogP contribution in [0, 0.1) is 5.92 Å². The maximum atomic E-state index is 5.44. The lowest BCUT2D eigenvalue weighted by atomic mass is 10.0. The van der Waals surface area contributed by atoms with Crippen LogP contribution >= 0.6 is 15.9 Å². The summed E-state index contributed by atoms with van der Waals surface area (Å²) in [5, 5.41) is 1.12. The van der Waals surface area contributed by atoms with Crippen molar-refractivity contribution in [2.24, 2.45) is 5.92 Å². The quantitative estimate of drug-likeness (QED) is 0.692. The third-order valence-electron chi connectivity index (χ3n) is 3.46. The number of likely N-dealkylation sites (tertiary alicyclic amines) is 1. The molecule has 2 rings (SSSR count). The van der Waals surface area contributed by atoms with E-state index in [4.69, 9.17) is 4.74 Å². The summed E-state index contributed by atoms with van der Waals surface area (Å²) >= 11 is 3.62. The van der Waals surface area contributed by atoms with Gasteiger partial charge >= 0.3 is 0 Å².